The van der Waals surface area contributed by atoms with Gasteiger partial charge in [-0.05, 0) is 17.7 Å². The van der Waals surface area contributed by atoms with Crippen LogP contribution in [0.25, 0.3) is 0 Å². The monoisotopic (exact) mass is 340 g/mol. The van der Waals surface area contributed by atoms with Crippen molar-refractivity contribution in [2.45, 2.75) is 13.0 Å². The summed E-state index contributed by atoms with van der Waals surface area (Å²) in [6.45, 7) is 0.482. The van der Waals surface area contributed by atoms with Crippen LogP contribution in [0.1, 0.15) is 17.5 Å². The van der Waals surface area contributed by atoms with Crippen LogP contribution < -0.4 is 5.32 Å². The van der Waals surface area contributed by atoms with Gasteiger partial charge in [0.25, 0.3) is 0 Å². The molecular weight excluding hydrogens is 324 g/mol. The molecule has 0 unspecified atom stereocenters. The molecule has 0 fully saturated rings. The second-order valence-electron chi connectivity index (χ2n) is 5.00. The Balaban J connectivity index is 1.74. The second kappa shape index (κ2) is 8.93. The van der Waals surface area contributed by atoms with Crippen LogP contribution in [0.5, 0.6) is 5.75 Å². The van der Waals surface area contributed by atoms with Gasteiger partial charge in [0.1, 0.15) is 6.61 Å². The van der Waals surface area contributed by atoms with Crippen molar-refractivity contribution in [3.63, 3.8) is 0 Å². The number of nitrogens with zero attached hydrogens (tertiary/aromatic N) is 1. The Hall–Kier alpha value is -3.53. The Bertz CT molecular complexity index is 809. The third kappa shape index (κ3) is 5.88. The number of nitro groups is 1. The van der Waals surface area contributed by atoms with E-state index in [1.807, 2.05) is 30.3 Å². The van der Waals surface area contributed by atoms with E-state index in [1.165, 1.54) is 18.2 Å². The summed E-state index contributed by atoms with van der Waals surface area (Å²) in [6, 6.07) is 13.2. The molecule has 1 amide bonds. The van der Waals surface area contributed by atoms with E-state index in [9.17, 15) is 20.0 Å². The van der Waals surface area contributed by atoms with Crippen LogP contribution in [0, 0.1) is 22.0 Å². The number of alkyl carbamates (subject to hydrolysis) is 1. The van der Waals surface area contributed by atoms with Gasteiger partial charge in [0.15, 0.2) is 5.75 Å². The molecule has 128 valence electrons. The molecule has 0 aliphatic heterocycles. The summed E-state index contributed by atoms with van der Waals surface area (Å²) in [7, 11) is 0. The van der Waals surface area contributed by atoms with Crippen molar-refractivity contribution in [2.24, 2.45) is 0 Å². The zero-order chi connectivity index (χ0) is 18.1. The lowest BCUT2D eigenvalue weighted by molar-refractivity contribution is -0.385. The van der Waals surface area contributed by atoms with E-state index in [0.717, 1.165) is 5.56 Å². The molecule has 2 aromatic rings. The lowest BCUT2D eigenvalue weighted by Crippen LogP contribution is -2.24. The third-order valence-electron chi connectivity index (χ3n) is 3.14. The first-order chi connectivity index (χ1) is 12.1. The molecule has 0 saturated carbocycles. The largest absolute Gasteiger partial charge is 0.502 e. The highest BCUT2D eigenvalue weighted by Gasteiger charge is 2.12. The first kappa shape index (κ1) is 17.8. The molecule has 0 aliphatic rings. The number of carbonyl (C=O) groups is 1. The number of phenols is 1. The Morgan fingerprint density at radius 2 is 2.00 bits per heavy atom. The van der Waals surface area contributed by atoms with Gasteiger partial charge >= 0.3 is 11.8 Å². The predicted octanol–water partition coefficient (Wildman–Crippen LogP) is 2.97. The summed E-state index contributed by atoms with van der Waals surface area (Å²) < 4.78 is 5.05. The highest BCUT2D eigenvalue weighted by Crippen LogP contribution is 2.25. The molecule has 2 aromatic carbocycles. The van der Waals surface area contributed by atoms with E-state index >= 15 is 0 Å². The number of hydrogen-bond acceptors (Lipinski definition) is 5. The summed E-state index contributed by atoms with van der Waals surface area (Å²) in [5.41, 5.74) is 0.914. The number of nitrogens with one attached hydrogen (secondary N) is 1. The molecule has 0 aliphatic carbocycles. The average Bonchev–Trinajstić information content (AvgIpc) is 2.61. The summed E-state index contributed by atoms with van der Waals surface area (Å²) in [5.74, 6) is 5.13. The number of aromatic hydroxyl groups is 1. The van der Waals surface area contributed by atoms with Crippen molar-refractivity contribution < 1.29 is 19.6 Å². The van der Waals surface area contributed by atoms with Crippen molar-refractivity contribution in [1.82, 2.24) is 5.32 Å². The minimum absolute atomic E-state index is 0.190. The van der Waals surface area contributed by atoms with Crippen LogP contribution in [0.2, 0.25) is 0 Å². The lowest BCUT2D eigenvalue weighted by Gasteiger charge is -2.05. The highest BCUT2D eigenvalue weighted by molar-refractivity contribution is 5.67. The molecule has 0 atom stereocenters. The maximum Gasteiger partial charge on any atom is 0.407 e. The SMILES string of the molecule is O=C(NCCC#Cc1ccc(O)c([N+](=O)[O-])c1)OCc1ccccc1. The van der Waals surface area contributed by atoms with Gasteiger partial charge in [0.05, 0.1) is 4.92 Å². The highest BCUT2D eigenvalue weighted by atomic mass is 16.6. The van der Waals surface area contributed by atoms with E-state index < -0.39 is 22.5 Å². The first-order valence-corrected chi connectivity index (χ1v) is 7.47. The van der Waals surface area contributed by atoms with E-state index in [1.54, 1.807) is 0 Å². The molecule has 7 heteroatoms. The Morgan fingerprint density at radius 3 is 2.72 bits per heavy atom. The fraction of sp³-hybridized carbons (Fsp3) is 0.167. The van der Waals surface area contributed by atoms with Crippen LogP contribution >= 0.6 is 0 Å². The summed E-state index contributed by atoms with van der Waals surface area (Å²) in [6.07, 6.45) is -0.180. The normalized spacial score (nSPS) is 9.60. The number of carbonyl (C=O) groups excluding carboxylic acids is 1. The first-order valence-electron chi connectivity index (χ1n) is 7.47. The Kier molecular flexibility index (Phi) is 6.37. The van der Waals surface area contributed by atoms with Crippen molar-refractivity contribution in [3.8, 4) is 17.6 Å². The van der Waals surface area contributed by atoms with Gasteiger partial charge in [-0.25, -0.2) is 4.79 Å². The molecule has 0 spiro atoms. The number of nitro benzene ring substituents is 1. The standard InChI is InChI=1S/C18H16N2O5/c21-17-10-9-14(12-16(17)20(23)24)6-4-5-11-19-18(22)25-13-15-7-2-1-3-8-15/h1-3,7-10,12,21H,5,11,13H2,(H,19,22). The van der Waals surface area contributed by atoms with Crippen LogP contribution in [-0.2, 0) is 11.3 Å². The summed E-state index contributed by atoms with van der Waals surface area (Å²) in [5, 5.41) is 22.6. The number of rotatable bonds is 5. The molecule has 0 saturated heterocycles. The fourth-order valence-corrected chi connectivity index (χ4v) is 1.91. The molecule has 0 aromatic heterocycles. The van der Waals surface area contributed by atoms with Crippen LogP contribution in [-0.4, -0.2) is 22.7 Å². The number of benzene rings is 2. The molecular formula is C18H16N2O5. The van der Waals surface area contributed by atoms with Gasteiger partial charge < -0.3 is 15.2 Å². The topological polar surface area (TPSA) is 102 Å². The van der Waals surface area contributed by atoms with Crippen LogP contribution in [0.4, 0.5) is 10.5 Å². The Labute approximate surface area is 144 Å². The van der Waals surface area contributed by atoms with E-state index in [-0.39, 0.29) is 6.61 Å². The van der Waals surface area contributed by atoms with Crippen molar-refractivity contribution in [3.05, 3.63) is 69.8 Å². The smallest absolute Gasteiger partial charge is 0.407 e. The van der Waals surface area contributed by atoms with Gasteiger partial charge in [-0.2, -0.15) is 0 Å². The fourth-order valence-electron chi connectivity index (χ4n) is 1.91. The molecule has 0 radical (unpaired) electrons. The molecule has 7 nitrogen and oxygen atoms in total. The molecule has 2 rings (SSSR count). The minimum Gasteiger partial charge on any atom is -0.502 e. The Morgan fingerprint density at radius 1 is 1.24 bits per heavy atom. The van der Waals surface area contributed by atoms with Gasteiger partial charge in [-0.1, -0.05) is 42.2 Å². The van der Waals surface area contributed by atoms with E-state index in [4.69, 9.17) is 4.74 Å². The summed E-state index contributed by atoms with van der Waals surface area (Å²) >= 11 is 0. The van der Waals surface area contributed by atoms with E-state index in [0.29, 0.717) is 18.5 Å². The van der Waals surface area contributed by atoms with E-state index in [2.05, 4.69) is 17.2 Å². The predicted molar refractivity (Wildman–Crippen MR) is 90.9 cm³/mol. The molecule has 2 N–H and O–H groups in total. The molecule has 0 heterocycles. The quantitative estimate of drug-likeness (QED) is 0.377. The maximum absolute atomic E-state index is 11.5. The summed E-state index contributed by atoms with van der Waals surface area (Å²) in [4.78, 5) is 21.6. The van der Waals surface area contributed by atoms with Gasteiger partial charge in [-0.3, -0.25) is 10.1 Å². The van der Waals surface area contributed by atoms with Crippen LogP contribution in [0.15, 0.2) is 48.5 Å². The van der Waals surface area contributed by atoms with Gasteiger partial charge in [0, 0.05) is 24.6 Å². The van der Waals surface area contributed by atoms with Gasteiger partial charge in [-0.15, -0.1) is 0 Å². The lowest BCUT2D eigenvalue weighted by atomic mass is 10.2. The third-order valence-corrected chi connectivity index (χ3v) is 3.14. The van der Waals surface area contributed by atoms with Crippen molar-refractivity contribution >= 4 is 11.8 Å². The zero-order valence-electron chi connectivity index (χ0n) is 13.3. The maximum atomic E-state index is 11.5. The van der Waals surface area contributed by atoms with Crippen molar-refractivity contribution in [2.75, 3.05) is 6.54 Å². The number of phenolic OH excluding ortho intramolecular Hbond substituents is 1. The number of ether oxygens (including phenoxy) is 1. The minimum atomic E-state index is -0.676. The second-order valence-corrected chi connectivity index (χ2v) is 5.00. The van der Waals surface area contributed by atoms with Crippen LogP contribution in [0.3, 0.4) is 0 Å². The van der Waals surface area contributed by atoms with Crippen molar-refractivity contribution in [1.29, 1.82) is 0 Å². The number of amides is 1. The average molecular weight is 340 g/mol. The zero-order valence-corrected chi connectivity index (χ0v) is 13.3. The number of hydrogen-bond donors (Lipinski definition) is 2. The molecule has 0 bridgehead atoms. The van der Waals surface area contributed by atoms with Gasteiger partial charge in [0.2, 0.25) is 0 Å². The molecule has 25 heavy (non-hydrogen) atoms.